The Morgan fingerprint density at radius 3 is 2.58 bits per heavy atom. The minimum absolute atomic E-state index is 0.0734. The fraction of sp³-hybridized carbons (Fsp3) is 0.583. The van der Waals surface area contributed by atoms with E-state index >= 15 is 0 Å². The Morgan fingerprint density at radius 2 is 2.16 bits per heavy atom. The molecule has 0 aliphatic rings. The van der Waals surface area contributed by atoms with Crippen LogP contribution in [0.5, 0.6) is 0 Å². The second kappa shape index (κ2) is 5.73. The number of carboxylic acid groups (broad SMARTS) is 1. The Hall–Kier alpha value is -2.05. The summed E-state index contributed by atoms with van der Waals surface area (Å²) in [6.07, 6.45) is 2.12. The van der Waals surface area contributed by atoms with E-state index in [1.807, 2.05) is 0 Å². The summed E-state index contributed by atoms with van der Waals surface area (Å²) in [5.74, 6) is -0.923. The second-order valence-electron chi connectivity index (χ2n) is 4.83. The molecule has 0 saturated heterocycles. The molecule has 0 radical (unpaired) electrons. The van der Waals surface area contributed by atoms with Crippen LogP contribution in [0.15, 0.2) is 6.20 Å². The minimum Gasteiger partial charge on any atom is -0.481 e. The summed E-state index contributed by atoms with van der Waals surface area (Å²) in [5.41, 5.74) is 0.351. The summed E-state index contributed by atoms with van der Waals surface area (Å²) in [6, 6.07) is -0.433. The Morgan fingerprint density at radius 1 is 1.53 bits per heavy atom. The van der Waals surface area contributed by atoms with Crippen molar-refractivity contribution in [2.75, 3.05) is 11.9 Å². The number of hydrogen-bond donors (Lipinski definition) is 3. The lowest BCUT2D eigenvalue weighted by Gasteiger charge is -2.23. The van der Waals surface area contributed by atoms with Gasteiger partial charge in [-0.3, -0.25) is 9.48 Å². The quantitative estimate of drug-likeness (QED) is 0.751. The number of nitrogens with one attached hydrogen (secondary N) is 2. The molecule has 7 nitrogen and oxygen atoms in total. The van der Waals surface area contributed by atoms with Crippen molar-refractivity contribution in [1.82, 2.24) is 15.1 Å². The van der Waals surface area contributed by atoms with Crippen molar-refractivity contribution in [3.05, 3.63) is 11.9 Å². The Bertz CT molecular complexity index is 483. The van der Waals surface area contributed by atoms with Crippen molar-refractivity contribution in [2.24, 2.45) is 12.5 Å². The van der Waals surface area contributed by atoms with Crippen molar-refractivity contribution in [3.63, 3.8) is 0 Å². The number of carbonyl (C=O) groups is 2. The van der Waals surface area contributed by atoms with E-state index in [0.29, 0.717) is 17.8 Å². The minimum atomic E-state index is -0.957. The maximum Gasteiger partial charge on any atom is 0.319 e. The second-order valence-corrected chi connectivity index (χ2v) is 4.83. The van der Waals surface area contributed by atoms with Crippen molar-refractivity contribution < 1.29 is 14.7 Å². The lowest BCUT2D eigenvalue weighted by atomic mass is 9.88. The highest BCUT2D eigenvalue weighted by molar-refractivity contribution is 5.90. The highest BCUT2D eigenvalue weighted by atomic mass is 16.4. The van der Waals surface area contributed by atoms with Crippen LogP contribution in [-0.2, 0) is 11.8 Å². The van der Waals surface area contributed by atoms with Gasteiger partial charge in [0, 0.05) is 19.8 Å². The molecule has 1 rings (SSSR count). The largest absolute Gasteiger partial charge is 0.481 e. The summed E-state index contributed by atoms with van der Waals surface area (Å²) >= 11 is 0. The van der Waals surface area contributed by atoms with Crippen LogP contribution in [0.25, 0.3) is 0 Å². The molecule has 1 aromatic rings. The molecular weight excluding hydrogens is 248 g/mol. The van der Waals surface area contributed by atoms with Gasteiger partial charge in [0.2, 0.25) is 0 Å². The number of carboxylic acids is 1. The van der Waals surface area contributed by atoms with Gasteiger partial charge < -0.3 is 15.7 Å². The molecule has 1 heterocycles. The molecule has 19 heavy (non-hydrogen) atoms. The molecule has 0 aromatic carbocycles. The van der Waals surface area contributed by atoms with Crippen molar-refractivity contribution in [2.45, 2.75) is 27.2 Å². The lowest BCUT2D eigenvalue weighted by molar-refractivity contribution is -0.147. The molecule has 3 N–H and O–H groups in total. The third-order valence-corrected chi connectivity index (χ3v) is 3.20. The number of urea groups is 1. The van der Waals surface area contributed by atoms with Gasteiger partial charge in [0.15, 0.2) is 0 Å². The van der Waals surface area contributed by atoms with Crippen molar-refractivity contribution >= 4 is 17.7 Å². The molecule has 0 aliphatic heterocycles. The van der Waals surface area contributed by atoms with E-state index in [-0.39, 0.29) is 6.54 Å². The molecule has 0 saturated carbocycles. The molecule has 106 valence electrons. The highest BCUT2D eigenvalue weighted by Crippen LogP contribution is 2.20. The molecular formula is C12H20N4O3. The number of rotatable bonds is 5. The zero-order chi connectivity index (χ0) is 14.6. The summed E-state index contributed by atoms with van der Waals surface area (Å²) in [6.45, 7) is 5.23. The van der Waals surface area contributed by atoms with E-state index < -0.39 is 17.4 Å². The molecule has 0 spiro atoms. The van der Waals surface area contributed by atoms with Gasteiger partial charge in [0.1, 0.15) is 0 Å². The van der Waals surface area contributed by atoms with Gasteiger partial charge in [0.05, 0.1) is 16.8 Å². The standard InChI is InChI=1S/C12H20N4O3/c1-5-12(3,10(17)18)7-13-11(19)14-9-6-16(4)15-8(9)2/h6H,5,7H2,1-4H3,(H,17,18)(H2,13,14,19). The monoisotopic (exact) mass is 268 g/mol. The molecule has 2 amide bonds. The maximum atomic E-state index is 11.7. The van der Waals surface area contributed by atoms with Crippen LogP contribution < -0.4 is 10.6 Å². The average molecular weight is 268 g/mol. The van der Waals surface area contributed by atoms with E-state index in [2.05, 4.69) is 15.7 Å². The van der Waals surface area contributed by atoms with Crippen molar-refractivity contribution in [3.8, 4) is 0 Å². The molecule has 1 aromatic heterocycles. The first kappa shape index (κ1) is 15.0. The number of hydrogen-bond acceptors (Lipinski definition) is 3. The molecule has 1 atom stereocenters. The van der Waals surface area contributed by atoms with E-state index in [4.69, 9.17) is 5.11 Å². The van der Waals surface area contributed by atoms with Gasteiger partial charge in [-0.05, 0) is 20.3 Å². The maximum absolute atomic E-state index is 11.7. The van der Waals surface area contributed by atoms with Gasteiger partial charge >= 0.3 is 12.0 Å². The zero-order valence-corrected chi connectivity index (χ0v) is 11.6. The van der Waals surface area contributed by atoms with Crippen LogP contribution in [-0.4, -0.2) is 33.4 Å². The van der Waals surface area contributed by atoms with Gasteiger partial charge in [0.25, 0.3) is 0 Å². The van der Waals surface area contributed by atoms with E-state index in [1.54, 1.807) is 38.7 Å². The Balaban J connectivity index is 2.57. The normalized spacial score (nSPS) is 13.7. The first-order valence-corrected chi connectivity index (χ1v) is 6.07. The third kappa shape index (κ3) is 3.70. The summed E-state index contributed by atoms with van der Waals surface area (Å²) in [5, 5.41) is 18.4. The molecule has 0 aliphatic carbocycles. The lowest BCUT2D eigenvalue weighted by Crippen LogP contribution is -2.42. The first-order valence-electron chi connectivity index (χ1n) is 6.07. The number of aryl methyl sites for hydroxylation is 2. The predicted molar refractivity (Wildman–Crippen MR) is 71.0 cm³/mol. The summed E-state index contributed by atoms with van der Waals surface area (Å²) in [4.78, 5) is 22.8. The molecule has 0 bridgehead atoms. The van der Waals surface area contributed by atoms with Crippen LogP contribution in [0.2, 0.25) is 0 Å². The van der Waals surface area contributed by atoms with E-state index in [0.717, 1.165) is 0 Å². The topological polar surface area (TPSA) is 96.3 Å². The summed E-state index contributed by atoms with van der Waals surface area (Å²) < 4.78 is 1.60. The third-order valence-electron chi connectivity index (χ3n) is 3.20. The Labute approximate surface area is 112 Å². The van der Waals surface area contributed by atoms with Crippen LogP contribution in [0.3, 0.4) is 0 Å². The zero-order valence-electron chi connectivity index (χ0n) is 11.6. The van der Waals surface area contributed by atoms with Gasteiger partial charge in [-0.2, -0.15) is 5.10 Å². The summed E-state index contributed by atoms with van der Waals surface area (Å²) in [7, 11) is 1.76. The highest BCUT2D eigenvalue weighted by Gasteiger charge is 2.31. The van der Waals surface area contributed by atoms with Gasteiger partial charge in [-0.25, -0.2) is 4.79 Å². The van der Waals surface area contributed by atoms with Crippen LogP contribution in [0, 0.1) is 12.3 Å². The fourth-order valence-corrected chi connectivity index (χ4v) is 1.52. The smallest absolute Gasteiger partial charge is 0.319 e. The van der Waals surface area contributed by atoms with Crippen molar-refractivity contribution in [1.29, 1.82) is 0 Å². The van der Waals surface area contributed by atoms with E-state index in [1.165, 1.54) is 0 Å². The van der Waals surface area contributed by atoms with Gasteiger partial charge in [-0.1, -0.05) is 6.92 Å². The predicted octanol–water partition coefficient (Wildman–Crippen LogP) is 1.35. The fourth-order valence-electron chi connectivity index (χ4n) is 1.52. The average Bonchev–Trinajstić information content (AvgIpc) is 2.64. The number of carbonyl (C=O) groups excluding carboxylic acids is 1. The van der Waals surface area contributed by atoms with Crippen LogP contribution in [0.4, 0.5) is 10.5 Å². The van der Waals surface area contributed by atoms with Crippen LogP contribution >= 0.6 is 0 Å². The van der Waals surface area contributed by atoms with Gasteiger partial charge in [-0.15, -0.1) is 0 Å². The molecule has 0 fully saturated rings. The van der Waals surface area contributed by atoms with E-state index in [9.17, 15) is 9.59 Å². The molecule has 7 heteroatoms. The number of amides is 2. The SMILES string of the molecule is CCC(C)(CNC(=O)Nc1cn(C)nc1C)C(=O)O. The van der Waals surface area contributed by atoms with Crippen LogP contribution in [0.1, 0.15) is 26.0 Å². The number of aromatic nitrogens is 2. The first-order chi connectivity index (χ1) is 8.78. The number of anilines is 1. The molecule has 1 unspecified atom stereocenters. The number of aliphatic carboxylic acids is 1. The number of nitrogens with zero attached hydrogens (tertiary/aromatic N) is 2. The Kier molecular flexibility index (Phi) is 4.52.